The number of aromatic nitrogens is 1. The minimum atomic E-state index is 0.149. The summed E-state index contributed by atoms with van der Waals surface area (Å²) in [6.45, 7) is 4.61. The van der Waals surface area contributed by atoms with Crippen molar-refractivity contribution in [1.82, 2.24) is 10.5 Å². The lowest BCUT2D eigenvalue weighted by atomic mass is 10.1. The van der Waals surface area contributed by atoms with Crippen LogP contribution in [0.15, 0.2) is 33.3 Å². The number of hydrogen-bond acceptors (Lipinski definition) is 3. The van der Waals surface area contributed by atoms with Gasteiger partial charge in [-0.25, -0.2) is 0 Å². The van der Waals surface area contributed by atoms with Crippen LogP contribution in [0.4, 0.5) is 0 Å². The topological polar surface area (TPSA) is 38.1 Å². The average Bonchev–Trinajstić information content (AvgIpc) is 2.72. The van der Waals surface area contributed by atoms with Gasteiger partial charge in [-0.15, -0.1) is 0 Å². The molecule has 0 fully saturated rings. The highest BCUT2D eigenvalue weighted by Crippen LogP contribution is 2.26. The lowest BCUT2D eigenvalue weighted by molar-refractivity contribution is 0.363. The second-order valence-electron chi connectivity index (χ2n) is 4.20. The van der Waals surface area contributed by atoms with E-state index in [9.17, 15) is 0 Å². The molecule has 0 aliphatic carbocycles. The normalized spacial score (nSPS) is 12.7. The molecule has 2 rings (SSSR count). The van der Waals surface area contributed by atoms with E-state index < -0.39 is 0 Å². The minimum absolute atomic E-state index is 0.149. The maximum absolute atomic E-state index is 6.20. The number of hydrogen-bond donors (Lipinski definition) is 1. The lowest BCUT2D eigenvalue weighted by Crippen LogP contribution is -2.18. The van der Waals surface area contributed by atoms with Crippen LogP contribution < -0.4 is 5.32 Å². The zero-order valence-electron chi connectivity index (χ0n) is 10.2. The standard InChI is InChI=1S/C13H14BrClN2O/c1-8-5-11(18-17-8)7-16-9(2)12-4-3-10(14)6-13(12)15/h3-6,9,16H,7H2,1-2H3. The van der Waals surface area contributed by atoms with Gasteiger partial charge in [0.2, 0.25) is 0 Å². The van der Waals surface area contributed by atoms with Crippen LogP contribution in [0.2, 0.25) is 5.02 Å². The Kier molecular flexibility index (Phi) is 4.43. The van der Waals surface area contributed by atoms with Gasteiger partial charge in [0, 0.05) is 21.6 Å². The molecular formula is C13H14BrClN2O. The smallest absolute Gasteiger partial charge is 0.150 e. The fourth-order valence-corrected chi connectivity index (χ4v) is 2.55. The maximum Gasteiger partial charge on any atom is 0.150 e. The quantitative estimate of drug-likeness (QED) is 0.911. The summed E-state index contributed by atoms with van der Waals surface area (Å²) in [6.07, 6.45) is 0. The number of benzene rings is 1. The fraction of sp³-hybridized carbons (Fsp3) is 0.308. The molecule has 0 saturated heterocycles. The lowest BCUT2D eigenvalue weighted by Gasteiger charge is -2.14. The van der Waals surface area contributed by atoms with E-state index in [1.807, 2.05) is 31.2 Å². The van der Waals surface area contributed by atoms with E-state index in [0.29, 0.717) is 6.54 Å². The zero-order chi connectivity index (χ0) is 13.1. The van der Waals surface area contributed by atoms with E-state index in [4.69, 9.17) is 16.1 Å². The highest BCUT2D eigenvalue weighted by molar-refractivity contribution is 9.10. The van der Waals surface area contributed by atoms with E-state index in [-0.39, 0.29) is 6.04 Å². The first-order valence-corrected chi connectivity index (χ1v) is 6.84. The molecule has 2 aromatic rings. The Morgan fingerprint density at radius 1 is 1.44 bits per heavy atom. The molecule has 18 heavy (non-hydrogen) atoms. The SMILES string of the molecule is Cc1cc(CNC(C)c2ccc(Br)cc2Cl)on1. The Morgan fingerprint density at radius 3 is 2.83 bits per heavy atom. The monoisotopic (exact) mass is 328 g/mol. The molecule has 0 aliphatic rings. The van der Waals surface area contributed by atoms with Gasteiger partial charge in [-0.05, 0) is 31.5 Å². The van der Waals surface area contributed by atoms with Crippen LogP contribution in [-0.4, -0.2) is 5.16 Å². The highest BCUT2D eigenvalue weighted by atomic mass is 79.9. The Morgan fingerprint density at radius 2 is 2.22 bits per heavy atom. The van der Waals surface area contributed by atoms with E-state index in [1.165, 1.54) is 0 Å². The Labute approximate surface area is 120 Å². The Hall–Kier alpha value is -0.840. The average molecular weight is 330 g/mol. The summed E-state index contributed by atoms with van der Waals surface area (Å²) >= 11 is 9.60. The van der Waals surface area contributed by atoms with Gasteiger partial charge in [0.05, 0.1) is 12.2 Å². The van der Waals surface area contributed by atoms with Gasteiger partial charge < -0.3 is 9.84 Å². The van der Waals surface area contributed by atoms with Crippen molar-refractivity contribution in [3.05, 3.63) is 50.8 Å². The Bertz CT molecular complexity index is 542. The van der Waals surface area contributed by atoms with Crippen LogP contribution in [0.1, 0.15) is 30.0 Å². The van der Waals surface area contributed by atoms with Gasteiger partial charge in [0.25, 0.3) is 0 Å². The minimum Gasteiger partial charge on any atom is -0.360 e. The van der Waals surface area contributed by atoms with Crippen LogP contribution in [0.5, 0.6) is 0 Å². The molecule has 96 valence electrons. The molecule has 0 aliphatic heterocycles. The van der Waals surface area contributed by atoms with Crippen molar-refractivity contribution in [3.63, 3.8) is 0 Å². The molecule has 0 bridgehead atoms. The summed E-state index contributed by atoms with van der Waals surface area (Å²) in [4.78, 5) is 0. The molecule has 1 atom stereocenters. The molecule has 0 radical (unpaired) electrons. The first-order valence-electron chi connectivity index (χ1n) is 5.67. The number of nitrogens with zero attached hydrogens (tertiary/aromatic N) is 1. The molecule has 1 heterocycles. The summed E-state index contributed by atoms with van der Waals surface area (Å²) in [7, 11) is 0. The van der Waals surface area contributed by atoms with Crippen molar-refractivity contribution >= 4 is 27.5 Å². The van der Waals surface area contributed by atoms with Gasteiger partial charge in [-0.3, -0.25) is 0 Å². The summed E-state index contributed by atoms with van der Waals surface area (Å²) in [6, 6.07) is 7.96. The number of nitrogens with one attached hydrogen (secondary N) is 1. The summed E-state index contributed by atoms with van der Waals surface area (Å²) in [5.41, 5.74) is 1.96. The third-order valence-corrected chi connectivity index (χ3v) is 3.51. The van der Waals surface area contributed by atoms with E-state index >= 15 is 0 Å². The predicted molar refractivity (Wildman–Crippen MR) is 75.6 cm³/mol. The van der Waals surface area contributed by atoms with Crippen LogP contribution in [0, 0.1) is 6.92 Å². The van der Waals surface area contributed by atoms with Crippen LogP contribution >= 0.6 is 27.5 Å². The van der Waals surface area contributed by atoms with Crippen molar-refractivity contribution in [2.24, 2.45) is 0 Å². The highest BCUT2D eigenvalue weighted by Gasteiger charge is 2.10. The van der Waals surface area contributed by atoms with Gasteiger partial charge in [-0.2, -0.15) is 0 Å². The van der Waals surface area contributed by atoms with Crippen LogP contribution in [-0.2, 0) is 6.54 Å². The molecule has 5 heteroatoms. The predicted octanol–water partition coefficient (Wildman–Crippen LogP) is 4.25. The number of aryl methyl sites for hydroxylation is 1. The van der Waals surface area contributed by atoms with Crippen molar-refractivity contribution in [2.75, 3.05) is 0 Å². The van der Waals surface area contributed by atoms with Crippen molar-refractivity contribution in [3.8, 4) is 0 Å². The van der Waals surface area contributed by atoms with E-state index in [0.717, 1.165) is 26.5 Å². The van der Waals surface area contributed by atoms with Crippen molar-refractivity contribution < 1.29 is 4.52 Å². The van der Waals surface area contributed by atoms with Gasteiger partial charge in [-0.1, -0.05) is 38.8 Å². The summed E-state index contributed by atoms with van der Waals surface area (Å²) < 4.78 is 6.13. The summed E-state index contributed by atoms with van der Waals surface area (Å²) in [5, 5.41) is 7.95. The summed E-state index contributed by atoms with van der Waals surface area (Å²) in [5.74, 6) is 0.826. The third kappa shape index (κ3) is 3.34. The molecule has 0 amide bonds. The van der Waals surface area contributed by atoms with Crippen LogP contribution in [0.25, 0.3) is 0 Å². The van der Waals surface area contributed by atoms with Crippen molar-refractivity contribution in [2.45, 2.75) is 26.4 Å². The molecule has 0 spiro atoms. The maximum atomic E-state index is 6.20. The first kappa shape index (κ1) is 13.6. The molecule has 3 nitrogen and oxygen atoms in total. The zero-order valence-corrected chi connectivity index (χ0v) is 12.5. The Balaban J connectivity index is 2.01. The van der Waals surface area contributed by atoms with Gasteiger partial charge in [0.15, 0.2) is 5.76 Å². The molecule has 1 unspecified atom stereocenters. The second kappa shape index (κ2) is 5.87. The largest absolute Gasteiger partial charge is 0.360 e. The molecular weight excluding hydrogens is 316 g/mol. The van der Waals surface area contributed by atoms with Crippen molar-refractivity contribution in [1.29, 1.82) is 0 Å². The molecule has 1 aromatic carbocycles. The number of rotatable bonds is 4. The molecule has 1 N–H and O–H groups in total. The van der Waals surface area contributed by atoms with Crippen LogP contribution in [0.3, 0.4) is 0 Å². The first-order chi connectivity index (χ1) is 8.56. The van der Waals surface area contributed by atoms with Gasteiger partial charge >= 0.3 is 0 Å². The molecule has 0 saturated carbocycles. The number of halogens is 2. The second-order valence-corrected chi connectivity index (χ2v) is 5.53. The van der Waals surface area contributed by atoms with E-state index in [1.54, 1.807) is 0 Å². The van der Waals surface area contributed by atoms with E-state index in [2.05, 4.69) is 33.3 Å². The molecule has 1 aromatic heterocycles. The van der Waals surface area contributed by atoms with Gasteiger partial charge in [0.1, 0.15) is 0 Å². The fourth-order valence-electron chi connectivity index (χ4n) is 1.72. The third-order valence-electron chi connectivity index (χ3n) is 2.69.